The van der Waals surface area contributed by atoms with Crippen molar-refractivity contribution in [1.29, 1.82) is 0 Å². The van der Waals surface area contributed by atoms with Crippen molar-refractivity contribution in [3.8, 4) is 0 Å². The molecule has 190 valence electrons. The number of carbonyl (C=O) groups is 1. The fourth-order valence-electron chi connectivity index (χ4n) is 3.78. The standard InChI is InChI=1S/C13H13N3O3S2.C10H12ClFN2.2H2/c17-12-2-1-8-16(12)10-3-5-11(6-4-10)21(18,19)15-13-14-7-9-20-13;11-9-7-8(1-2-10(9)12)14-5-3-13-4-6-14;;/h3-7,9H,1-2,8H2,(H,14,15);1-2,7,13H,3-6H2;2*1H. The number of carbonyl (C=O) groups excluding carboxylic acids is 1. The Morgan fingerprint density at radius 3 is 2.40 bits per heavy atom. The largest absolute Gasteiger partial charge is 0.369 e. The Bertz CT molecular complexity index is 1260. The molecule has 2 aliphatic heterocycles. The molecule has 0 bridgehead atoms. The van der Waals surface area contributed by atoms with E-state index in [-0.39, 0.29) is 24.5 Å². The van der Waals surface area contributed by atoms with Crippen LogP contribution >= 0.6 is 22.9 Å². The molecule has 2 aliphatic rings. The third kappa shape index (κ3) is 6.49. The molecule has 1 aromatic heterocycles. The number of aromatic nitrogens is 1. The number of sulfonamides is 1. The summed E-state index contributed by atoms with van der Waals surface area (Å²) in [6.45, 7) is 4.51. The highest BCUT2D eigenvalue weighted by Crippen LogP contribution is 2.25. The minimum atomic E-state index is -3.64. The van der Waals surface area contributed by atoms with E-state index in [0.29, 0.717) is 18.1 Å². The van der Waals surface area contributed by atoms with Crippen molar-refractivity contribution in [3.05, 3.63) is 64.9 Å². The summed E-state index contributed by atoms with van der Waals surface area (Å²) in [6.07, 6.45) is 2.92. The van der Waals surface area contributed by atoms with Gasteiger partial charge in [-0.3, -0.25) is 9.52 Å². The van der Waals surface area contributed by atoms with Crippen LogP contribution in [0.3, 0.4) is 0 Å². The van der Waals surface area contributed by atoms with Crippen LogP contribution in [0.2, 0.25) is 5.02 Å². The second-order valence-electron chi connectivity index (χ2n) is 7.92. The Morgan fingerprint density at radius 2 is 1.80 bits per heavy atom. The molecular formula is C23H29ClFN5O3S2. The summed E-state index contributed by atoms with van der Waals surface area (Å²) in [6, 6.07) is 11.2. The molecule has 3 aromatic rings. The van der Waals surface area contributed by atoms with E-state index in [0.717, 1.165) is 44.0 Å². The second-order valence-corrected chi connectivity index (χ2v) is 10.9. The van der Waals surface area contributed by atoms with Gasteiger partial charge in [-0.25, -0.2) is 17.8 Å². The van der Waals surface area contributed by atoms with Gasteiger partial charge in [0.25, 0.3) is 10.0 Å². The summed E-state index contributed by atoms with van der Waals surface area (Å²) in [4.78, 5) is 19.6. The SMILES string of the molecule is Fc1ccc(N2CCNCC2)cc1Cl.O=C1CCCN1c1ccc(S(=O)(=O)Nc2nccs2)cc1.[HH].[HH]. The zero-order valence-electron chi connectivity index (χ0n) is 18.8. The van der Waals surface area contributed by atoms with E-state index in [1.54, 1.807) is 34.5 Å². The Kier molecular flexibility index (Phi) is 8.22. The van der Waals surface area contributed by atoms with Crippen LogP contribution in [0, 0.1) is 5.82 Å². The smallest absolute Gasteiger partial charge is 0.263 e. The van der Waals surface area contributed by atoms with E-state index in [1.165, 1.54) is 35.7 Å². The third-order valence-electron chi connectivity index (χ3n) is 5.57. The average molecular weight is 542 g/mol. The van der Waals surface area contributed by atoms with E-state index in [4.69, 9.17) is 11.6 Å². The van der Waals surface area contributed by atoms with E-state index >= 15 is 0 Å². The van der Waals surface area contributed by atoms with Crippen molar-refractivity contribution >= 4 is 55.4 Å². The molecule has 2 saturated heterocycles. The highest BCUT2D eigenvalue weighted by molar-refractivity contribution is 7.93. The minimum Gasteiger partial charge on any atom is -0.369 e. The van der Waals surface area contributed by atoms with Crippen molar-refractivity contribution in [1.82, 2.24) is 10.3 Å². The number of rotatable bonds is 5. The minimum absolute atomic E-state index is 0. The highest BCUT2D eigenvalue weighted by atomic mass is 35.5. The second kappa shape index (κ2) is 11.3. The number of hydrogen-bond acceptors (Lipinski definition) is 7. The molecule has 3 heterocycles. The summed E-state index contributed by atoms with van der Waals surface area (Å²) in [7, 11) is -3.64. The summed E-state index contributed by atoms with van der Waals surface area (Å²) < 4.78 is 39.7. The molecule has 0 atom stereocenters. The van der Waals surface area contributed by atoms with Gasteiger partial charge in [0.1, 0.15) is 5.82 Å². The van der Waals surface area contributed by atoms with Gasteiger partial charge in [0.2, 0.25) is 5.91 Å². The fraction of sp³-hybridized carbons (Fsp3) is 0.304. The van der Waals surface area contributed by atoms with E-state index < -0.39 is 10.0 Å². The predicted octanol–water partition coefficient (Wildman–Crippen LogP) is 4.45. The zero-order valence-corrected chi connectivity index (χ0v) is 21.2. The number of hydrogen-bond donors (Lipinski definition) is 2. The van der Waals surface area contributed by atoms with Gasteiger partial charge in [-0.1, -0.05) is 11.6 Å². The maximum Gasteiger partial charge on any atom is 0.263 e. The number of halogens is 2. The van der Waals surface area contributed by atoms with Crippen molar-refractivity contribution in [2.75, 3.05) is 47.2 Å². The molecule has 12 heteroatoms. The number of amides is 1. The number of thiazole rings is 1. The topological polar surface area (TPSA) is 94.6 Å². The normalized spacial score (nSPS) is 16.1. The third-order valence-corrected chi connectivity index (χ3v) is 8.03. The Morgan fingerprint density at radius 1 is 1.09 bits per heavy atom. The van der Waals surface area contributed by atoms with E-state index in [1.807, 2.05) is 0 Å². The van der Waals surface area contributed by atoms with Gasteiger partial charge in [0.05, 0.1) is 9.92 Å². The quantitative estimate of drug-likeness (QED) is 0.495. The van der Waals surface area contributed by atoms with Crippen molar-refractivity contribution in [2.24, 2.45) is 0 Å². The molecule has 0 unspecified atom stereocenters. The maximum atomic E-state index is 12.9. The van der Waals surface area contributed by atoms with Crippen LogP contribution in [0.4, 0.5) is 20.9 Å². The van der Waals surface area contributed by atoms with Gasteiger partial charge in [0.15, 0.2) is 5.13 Å². The summed E-state index contributed by atoms with van der Waals surface area (Å²) in [5.41, 5.74) is 1.73. The molecular weight excluding hydrogens is 513 g/mol. The van der Waals surface area contributed by atoms with Crippen LogP contribution in [0.25, 0.3) is 0 Å². The Balaban J connectivity index is 0.000000265. The number of anilines is 3. The first-order valence-electron chi connectivity index (χ1n) is 11.1. The molecule has 0 aliphatic carbocycles. The van der Waals surface area contributed by atoms with Crippen LogP contribution in [-0.2, 0) is 14.8 Å². The first kappa shape index (κ1) is 25.4. The first-order chi connectivity index (χ1) is 16.8. The number of nitrogens with zero attached hydrogens (tertiary/aromatic N) is 3. The lowest BCUT2D eigenvalue weighted by atomic mass is 10.2. The van der Waals surface area contributed by atoms with Gasteiger partial charge in [0, 0.05) is 64.9 Å². The van der Waals surface area contributed by atoms with Crippen molar-refractivity contribution < 1.29 is 20.5 Å². The number of benzene rings is 2. The lowest BCUT2D eigenvalue weighted by molar-refractivity contribution is -0.117. The maximum absolute atomic E-state index is 12.9. The van der Waals surface area contributed by atoms with Gasteiger partial charge in [-0.15, -0.1) is 11.3 Å². The lowest BCUT2D eigenvalue weighted by Crippen LogP contribution is -2.43. The van der Waals surface area contributed by atoms with Gasteiger partial charge in [-0.05, 0) is 48.9 Å². The molecule has 0 spiro atoms. The van der Waals surface area contributed by atoms with Crippen LogP contribution in [0.1, 0.15) is 15.7 Å². The molecule has 0 saturated carbocycles. The van der Waals surface area contributed by atoms with Crippen molar-refractivity contribution in [2.45, 2.75) is 17.7 Å². The van der Waals surface area contributed by atoms with Gasteiger partial charge in [-0.2, -0.15) is 0 Å². The number of nitrogens with one attached hydrogen (secondary N) is 2. The van der Waals surface area contributed by atoms with Gasteiger partial charge >= 0.3 is 0 Å². The molecule has 8 nitrogen and oxygen atoms in total. The average Bonchev–Trinajstić information content (AvgIpc) is 3.53. The molecule has 5 rings (SSSR count). The predicted molar refractivity (Wildman–Crippen MR) is 142 cm³/mol. The van der Waals surface area contributed by atoms with Crippen LogP contribution in [-0.4, -0.2) is 52.0 Å². The Hall–Kier alpha value is -2.73. The molecule has 2 N–H and O–H groups in total. The molecule has 1 amide bonds. The summed E-state index contributed by atoms with van der Waals surface area (Å²) in [5, 5.41) is 5.48. The number of piperazine rings is 1. The highest BCUT2D eigenvalue weighted by Gasteiger charge is 2.22. The van der Waals surface area contributed by atoms with E-state index in [9.17, 15) is 17.6 Å². The summed E-state index contributed by atoms with van der Waals surface area (Å²) >= 11 is 6.93. The summed E-state index contributed by atoms with van der Waals surface area (Å²) in [5.74, 6) is -0.280. The first-order valence-corrected chi connectivity index (χ1v) is 13.8. The zero-order chi connectivity index (χ0) is 24.8. The van der Waals surface area contributed by atoms with Crippen LogP contribution in [0.5, 0.6) is 0 Å². The van der Waals surface area contributed by atoms with E-state index in [2.05, 4.69) is 19.9 Å². The Labute approximate surface area is 215 Å². The fourth-order valence-corrected chi connectivity index (χ4v) is 5.74. The van der Waals surface area contributed by atoms with Gasteiger partial charge < -0.3 is 15.1 Å². The lowest BCUT2D eigenvalue weighted by Gasteiger charge is -2.29. The van der Waals surface area contributed by atoms with Crippen molar-refractivity contribution in [3.63, 3.8) is 0 Å². The molecule has 2 fully saturated rings. The monoisotopic (exact) mass is 541 g/mol. The van der Waals surface area contributed by atoms with Crippen LogP contribution in [0.15, 0.2) is 58.9 Å². The molecule has 2 aromatic carbocycles. The van der Waals surface area contributed by atoms with Crippen LogP contribution < -0.4 is 19.8 Å². The molecule has 35 heavy (non-hydrogen) atoms. The molecule has 0 radical (unpaired) electrons.